The van der Waals surface area contributed by atoms with E-state index in [0.717, 1.165) is 21.5 Å². The summed E-state index contributed by atoms with van der Waals surface area (Å²) in [5, 5.41) is 3.32. The number of hydrogen-bond donors (Lipinski definition) is 1. The average Bonchev–Trinajstić information content (AvgIpc) is 2.44. The molecule has 0 amide bonds. The molecule has 1 atom stereocenters. The molecule has 1 unspecified atom stereocenters. The maximum atomic E-state index is 13.9. The van der Waals surface area contributed by atoms with Crippen LogP contribution in [0.25, 0.3) is 0 Å². The second kappa shape index (κ2) is 6.94. The second-order valence-electron chi connectivity index (χ2n) is 4.96. The fourth-order valence-electron chi connectivity index (χ4n) is 2.18. The molecule has 112 valence electrons. The Hall–Kier alpha value is -1.55. The Balaban J connectivity index is 2.26. The first-order valence-corrected chi connectivity index (χ1v) is 7.75. The number of nitrogens with one attached hydrogen (secondary N) is 1. The maximum absolute atomic E-state index is 13.9. The van der Waals surface area contributed by atoms with Crippen molar-refractivity contribution < 1.29 is 9.13 Å². The highest BCUT2D eigenvalue weighted by Crippen LogP contribution is 2.31. The summed E-state index contributed by atoms with van der Waals surface area (Å²) in [6.07, 6.45) is 0. The fourth-order valence-corrected chi connectivity index (χ4v) is 2.56. The van der Waals surface area contributed by atoms with Gasteiger partial charge in [0.2, 0.25) is 0 Å². The van der Waals surface area contributed by atoms with Gasteiger partial charge < -0.3 is 10.1 Å². The molecule has 0 aromatic heterocycles. The fraction of sp³-hybridized carbons (Fsp3) is 0.294. The molecular formula is C17H19BrFNO. The molecule has 0 bridgehead atoms. The van der Waals surface area contributed by atoms with Crippen molar-refractivity contribution in [2.24, 2.45) is 0 Å². The second-order valence-corrected chi connectivity index (χ2v) is 5.88. The summed E-state index contributed by atoms with van der Waals surface area (Å²) in [4.78, 5) is 0. The molecule has 0 spiro atoms. The van der Waals surface area contributed by atoms with Gasteiger partial charge in [0.15, 0.2) is 0 Å². The highest BCUT2D eigenvalue weighted by molar-refractivity contribution is 9.10. The quantitative estimate of drug-likeness (QED) is 0.771. The minimum absolute atomic E-state index is 0.163. The Kier molecular flexibility index (Phi) is 5.23. The number of benzene rings is 2. The van der Waals surface area contributed by atoms with Crippen LogP contribution in [0.15, 0.2) is 40.9 Å². The summed E-state index contributed by atoms with van der Waals surface area (Å²) >= 11 is 3.38. The van der Waals surface area contributed by atoms with Gasteiger partial charge in [0.05, 0.1) is 18.3 Å². The third-order valence-corrected chi connectivity index (χ3v) is 3.73. The molecule has 0 heterocycles. The summed E-state index contributed by atoms with van der Waals surface area (Å²) in [6.45, 7) is 6.49. The molecule has 0 fully saturated rings. The van der Waals surface area contributed by atoms with E-state index in [1.165, 1.54) is 6.07 Å². The van der Waals surface area contributed by atoms with E-state index >= 15 is 0 Å². The lowest BCUT2D eigenvalue weighted by Gasteiger charge is -2.19. The van der Waals surface area contributed by atoms with Crippen molar-refractivity contribution in [1.82, 2.24) is 0 Å². The standard InChI is InChI=1S/C17H19BrFNO/c1-4-21-17-9-11(2)5-8-16(17)20-12(3)14-10-13(18)6-7-15(14)19/h5-10,12,20H,4H2,1-3H3. The number of aryl methyl sites for hydroxylation is 1. The topological polar surface area (TPSA) is 21.3 Å². The molecular weight excluding hydrogens is 333 g/mol. The summed E-state index contributed by atoms with van der Waals surface area (Å²) in [6, 6.07) is 10.8. The van der Waals surface area contributed by atoms with Crippen molar-refractivity contribution in [3.63, 3.8) is 0 Å². The lowest BCUT2D eigenvalue weighted by Crippen LogP contribution is -2.10. The molecule has 21 heavy (non-hydrogen) atoms. The maximum Gasteiger partial charge on any atom is 0.142 e. The molecule has 0 aliphatic heterocycles. The van der Waals surface area contributed by atoms with Gasteiger partial charge in [-0.05, 0) is 56.7 Å². The zero-order chi connectivity index (χ0) is 15.4. The largest absolute Gasteiger partial charge is 0.492 e. The molecule has 1 N–H and O–H groups in total. The highest BCUT2D eigenvalue weighted by atomic mass is 79.9. The Labute approximate surface area is 133 Å². The summed E-state index contributed by atoms with van der Waals surface area (Å²) in [5.74, 6) is 0.572. The lowest BCUT2D eigenvalue weighted by molar-refractivity contribution is 0.341. The van der Waals surface area contributed by atoms with Crippen molar-refractivity contribution >= 4 is 21.6 Å². The first-order chi connectivity index (χ1) is 10.0. The van der Waals surface area contributed by atoms with E-state index in [1.54, 1.807) is 12.1 Å². The van der Waals surface area contributed by atoms with E-state index < -0.39 is 0 Å². The number of halogens is 2. The first kappa shape index (κ1) is 15.8. The van der Waals surface area contributed by atoms with Gasteiger partial charge in [-0.25, -0.2) is 4.39 Å². The van der Waals surface area contributed by atoms with Crippen molar-refractivity contribution in [1.29, 1.82) is 0 Å². The number of ether oxygens (including phenoxy) is 1. The van der Waals surface area contributed by atoms with Gasteiger partial charge >= 0.3 is 0 Å². The predicted molar refractivity (Wildman–Crippen MR) is 88.5 cm³/mol. The lowest BCUT2D eigenvalue weighted by atomic mass is 10.1. The molecule has 4 heteroatoms. The number of hydrogen-bond acceptors (Lipinski definition) is 2. The van der Waals surface area contributed by atoms with Crippen LogP contribution in [-0.2, 0) is 0 Å². The first-order valence-electron chi connectivity index (χ1n) is 6.96. The zero-order valence-electron chi connectivity index (χ0n) is 12.4. The Bertz CT molecular complexity index is 630. The van der Waals surface area contributed by atoms with Crippen LogP contribution in [0.1, 0.15) is 31.0 Å². The van der Waals surface area contributed by atoms with Crippen LogP contribution >= 0.6 is 15.9 Å². The van der Waals surface area contributed by atoms with E-state index in [-0.39, 0.29) is 11.9 Å². The minimum Gasteiger partial charge on any atom is -0.492 e. The highest BCUT2D eigenvalue weighted by Gasteiger charge is 2.13. The van der Waals surface area contributed by atoms with E-state index in [1.807, 2.05) is 39.0 Å². The molecule has 0 aliphatic rings. The molecule has 2 aromatic rings. The average molecular weight is 352 g/mol. The van der Waals surface area contributed by atoms with Gasteiger partial charge in [-0.2, -0.15) is 0 Å². The number of anilines is 1. The molecule has 2 aromatic carbocycles. The third-order valence-electron chi connectivity index (χ3n) is 3.23. The Morgan fingerprint density at radius 3 is 2.71 bits per heavy atom. The van der Waals surface area contributed by atoms with Gasteiger partial charge in [-0.1, -0.05) is 22.0 Å². The van der Waals surface area contributed by atoms with E-state index in [9.17, 15) is 4.39 Å². The molecule has 0 saturated carbocycles. The summed E-state index contributed by atoms with van der Waals surface area (Å²) < 4.78 is 20.4. The van der Waals surface area contributed by atoms with Gasteiger partial charge in [0.25, 0.3) is 0 Å². The van der Waals surface area contributed by atoms with E-state index in [4.69, 9.17) is 4.74 Å². The van der Waals surface area contributed by atoms with E-state index in [2.05, 4.69) is 21.2 Å². The van der Waals surface area contributed by atoms with Crippen LogP contribution in [0, 0.1) is 12.7 Å². The molecule has 0 aliphatic carbocycles. The minimum atomic E-state index is -0.219. The Morgan fingerprint density at radius 1 is 1.24 bits per heavy atom. The normalized spacial score (nSPS) is 12.0. The Morgan fingerprint density at radius 2 is 2.00 bits per heavy atom. The van der Waals surface area contributed by atoms with Crippen molar-refractivity contribution in [2.75, 3.05) is 11.9 Å². The molecule has 2 rings (SSSR count). The number of rotatable bonds is 5. The van der Waals surface area contributed by atoms with Crippen LogP contribution < -0.4 is 10.1 Å². The van der Waals surface area contributed by atoms with Crippen LogP contribution in [0.3, 0.4) is 0 Å². The van der Waals surface area contributed by atoms with Gasteiger partial charge in [-0.15, -0.1) is 0 Å². The van der Waals surface area contributed by atoms with Gasteiger partial charge in [0.1, 0.15) is 11.6 Å². The van der Waals surface area contributed by atoms with Gasteiger partial charge in [-0.3, -0.25) is 0 Å². The van der Waals surface area contributed by atoms with E-state index in [0.29, 0.717) is 12.2 Å². The van der Waals surface area contributed by atoms with Crippen molar-refractivity contribution in [3.05, 3.63) is 57.8 Å². The van der Waals surface area contributed by atoms with Crippen molar-refractivity contribution in [3.8, 4) is 5.75 Å². The summed E-state index contributed by atoms with van der Waals surface area (Å²) in [5.41, 5.74) is 2.62. The van der Waals surface area contributed by atoms with Crippen LogP contribution in [0.2, 0.25) is 0 Å². The molecule has 0 saturated heterocycles. The van der Waals surface area contributed by atoms with Crippen LogP contribution in [0.4, 0.5) is 10.1 Å². The third kappa shape index (κ3) is 3.97. The molecule has 2 nitrogen and oxygen atoms in total. The van der Waals surface area contributed by atoms with Crippen LogP contribution in [-0.4, -0.2) is 6.61 Å². The van der Waals surface area contributed by atoms with Crippen LogP contribution in [0.5, 0.6) is 5.75 Å². The van der Waals surface area contributed by atoms with Crippen molar-refractivity contribution in [2.45, 2.75) is 26.8 Å². The summed E-state index contributed by atoms with van der Waals surface area (Å²) in [7, 11) is 0. The predicted octanol–water partition coefficient (Wildman–Crippen LogP) is 5.47. The SMILES string of the molecule is CCOc1cc(C)ccc1NC(C)c1cc(Br)ccc1F. The smallest absolute Gasteiger partial charge is 0.142 e. The zero-order valence-corrected chi connectivity index (χ0v) is 14.0. The van der Waals surface area contributed by atoms with Gasteiger partial charge in [0, 0.05) is 10.0 Å². The molecule has 0 radical (unpaired) electrons. The monoisotopic (exact) mass is 351 g/mol.